The molecule has 1 aliphatic rings. The Balaban J connectivity index is 1.99. The summed E-state index contributed by atoms with van der Waals surface area (Å²) in [6.45, 7) is 1.30. The van der Waals surface area contributed by atoms with E-state index in [1.807, 2.05) is 23.1 Å². The van der Waals surface area contributed by atoms with Gasteiger partial charge in [0, 0.05) is 19.2 Å². The molecule has 2 heterocycles. The van der Waals surface area contributed by atoms with Crippen molar-refractivity contribution in [2.24, 2.45) is 5.84 Å². The van der Waals surface area contributed by atoms with Gasteiger partial charge in [-0.3, -0.25) is 10.1 Å². The van der Waals surface area contributed by atoms with Gasteiger partial charge in [-0.1, -0.05) is 24.3 Å². The second-order valence-electron chi connectivity index (χ2n) is 4.88. The first-order valence-electron chi connectivity index (χ1n) is 6.63. The highest BCUT2D eigenvalue weighted by Gasteiger charge is 2.25. The predicted octanol–water partition coefficient (Wildman–Crippen LogP) is 1.84. The van der Waals surface area contributed by atoms with Crippen molar-refractivity contribution in [3.8, 4) is 0 Å². The van der Waals surface area contributed by atoms with Crippen LogP contribution in [0.3, 0.4) is 0 Å². The molecular weight excluding hydrogens is 270 g/mol. The molecule has 0 spiro atoms. The third-order valence-electron chi connectivity index (χ3n) is 3.63. The summed E-state index contributed by atoms with van der Waals surface area (Å²) in [6.07, 6.45) is 0.843. The molecule has 0 aliphatic carbocycles. The molecule has 0 unspecified atom stereocenters. The number of nitrogen functional groups attached to an aromatic ring is 1. The Labute approximate surface area is 121 Å². The van der Waals surface area contributed by atoms with Gasteiger partial charge in [0.05, 0.1) is 4.92 Å². The van der Waals surface area contributed by atoms with Crippen LogP contribution in [-0.2, 0) is 13.0 Å². The van der Waals surface area contributed by atoms with E-state index in [1.54, 1.807) is 0 Å². The second kappa shape index (κ2) is 5.37. The molecule has 0 saturated carbocycles. The van der Waals surface area contributed by atoms with Crippen LogP contribution in [0, 0.1) is 10.1 Å². The molecule has 3 rings (SSSR count). The Kier molecular flexibility index (Phi) is 3.41. The highest BCUT2D eigenvalue weighted by atomic mass is 16.6. The lowest BCUT2D eigenvalue weighted by Gasteiger charge is -2.29. The van der Waals surface area contributed by atoms with Gasteiger partial charge in [0.25, 0.3) is 0 Å². The molecular formula is C14H15N5O2. The van der Waals surface area contributed by atoms with Crippen LogP contribution in [0.4, 0.5) is 17.3 Å². The van der Waals surface area contributed by atoms with Crippen molar-refractivity contribution >= 4 is 17.3 Å². The van der Waals surface area contributed by atoms with Gasteiger partial charge >= 0.3 is 5.69 Å². The number of hydrogen-bond acceptors (Lipinski definition) is 6. The van der Waals surface area contributed by atoms with Crippen LogP contribution in [0.2, 0.25) is 0 Å². The second-order valence-corrected chi connectivity index (χ2v) is 4.88. The fraction of sp³-hybridized carbons (Fsp3) is 0.214. The quantitative estimate of drug-likeness (QED) is 0.507. The number of fused-ring (bicyclic) bond motifs is 1. The first-order chi connectivity index (χ1) is 10.2. The molecule has 108 valence electrons. The largest absolute Gasteiger partial charge is 0.346 e. The average Bonchev–Trinajstić information content (AvgIpc) is 2.53. The fourth-order valence-corrected chi connectivity index (χ4v) is 2.57. The zero-order valence-electron chi connectivity index (χ0n) is 11.3. The number of aromatic nitrogens is 1. The number of nitrogens with zero attached hydrogens (tertiary/aromatic N) is 3. The van der Waals surface area contributed by atoms with Crippen molar-refractivity contribution in [1.82, 2.24) is 4.98 Å². The van der Waals surface area contributed by atoms with E-state index < -0.39 is 4.92 Å². The molecule has 2 aromatic rings. The molecule has 3 N–H and O–H groups in total. The van der Waals surface area contributed by atoms with E-state index in [2.05, 4.69) is 16.5 Å². The van der Waals surface area contributed by atoms with E-state index in [4.69, 9.17) is 5.84 Å². The van der Waals surface area contributed by atoms with E-state index in [-0.39, 0.29) is 5.69 Å². The van der Waals surface area contributed by atoms with Gasteiger partial charge in [0.15, 0.2) is 0 Å². The van der Waals surface area contributed by atoms with Gasteiger partial charge in [0.2, 0.25) is 5.82 Å². The maximum absolute atomic E-state index is 11.2. The van der Waals surface area contributed by atoms with E-state index in [1.165, 1.54) is 23.3 Å². The third-order valence-corrected chi connectivity index (χ3v) is 3.63. The summed E-state index contributed by atoms with van der Waals surface area (Å²) in [5, 5.41) is 11.2. The van der Waals surface area contributed by atoms with Gasteiger partial charge in [-0.2, -0.15) is 0 Å². The zero-order chi connectivity index (χ0) is 14.8. The Bertz CT molecular complexity index is 689. The lowest BCUT2D eigenvalue weighted by atomic mass is 10.00. The molecule has 1 aromatic heterocycles. The number of nitrogens with one attached hydrogen (secondary N) is 1. The maximum Gasteiger partial charge on any atom is 0.311 e. The standard InChI is InChI=1S/C14H15N5O2/c15-17-13-6-5-12(19(20)21)14(16-13)18-8-7-10-3-1-2-4-11(10)9-18/h1-6H,7-9,15H2,(H,16,17). The summed E-state index contributed by atoms with van der Waals surface area (Å²) in [5.41, 5.74) is 4.88. The first kappa shape index (κ1) is 13.3. The molecule has 0 atom stereocenters. The summed E-state index contributed by atoms with van der Waals surface area (Å²) in [7, 11) is 0. The van der Waals surface area contributed by atoms with Gasteiger partial charge in [-0.05, 0) is 23.6 Å². The predicted molar refractivity (Wildman–Crippen MR) is 79.9 cm³/mol. The Morgan fingerprint density at radius 2 is 2.00 bits per heavy atom. The van der Waals surface area contributed by atoms with E-state index in [0.29, 0.717) is 24.7 Å². The maximum atomic E-state index is 11.2. The lowest BCUT2D eigenvalue weighted by Crippen LogP contribution is -2.31. The van der Waals surface area contributed by atoms with Gasteiger partial charge in [0.1, 0.15) is 5.82 Å². The van der Waals surface area contributed by atoms with Crippen molar-refractivity contribution in [2.45, 2.75) is 13.0 Å². The number of pyridine rings is 1. The van der Waals surface area contributed by atoms with Crippen molar-refractivity contribution in [3.63, 3.8) is 0 Å². The van der Waals surface area contributed by atoms with Crippen LogP contribution >= 0.6 is 0 Å². The van der Waals surface area contributed by atoms with E-state index >= 15 is 0 Å². The number of hydrogen-bond donors (Lipinski definition) is 2. The van der Waals surface area contributed by atoms with Gasteiger partial charge < -0.3 is 10.3 Å². The monoisotopic (exact) mass is 285 g/mol. The van der Waals surface area contributed by atoms with Crippen molar-refractivity contribution in [2.75, 3.05) is 16.9 Å². The number of hydrazine groups is 1. The molecule has 1 aromatic carbocycles. The molecule has 0 fully saturated rings. The minimum Gasteiger partial charge on any atom is -0.346 e. The van der Waals surface area contributed by atoms with Crippen LogP contribution in [0.1, 0.15) is 11.1 Å². The smallest absolute Gasteiger partial charge is 0.311 e. The van der Waals surface area contributed by atoms with Crippen molar-refractivity contribution in [1.29, 1.82) is 0 Å². The molecule has 0 saturated heterocycles. The molecule has 0 radical (unpaired) electrons. The summed E-state index contributed by atoms with van der Waals surface area (Å²) in [5.74, 6) is 6.11. The highest BCUT2D eigenvalue weighted by Crippen LogP contribution is 2.31. The molecule has 21 heavy (non-hydrogen) atoms. The Morgan fingerprint density at radius 1 is 1.24 bits per heavy atom. The van der Waals surface area contributed by atoms with Gasteiger partial charge in [-0.15, -0.1) is 0 Å². The summed E-state index contributed by atoms with van der Waals surface area (Å²) in [4.78, 5) is 17.0. The summed E-state index contributed by atoms with van der Waals surface area (Å²) >= 11 is 0. The van der Waals surface area contributed by atoms with Gasteiger partial charge in [-0.25, -0.2) is 10.8 Å². The number of nitrogens with two attached hydrogens (primary N) is 1. The topological polar surface area (TPSA) is 97.3 Å². The normalized spacial score (nSPS) is 13.7. The van der Waals surface area contributed by atoms with Crippen LogP contribution < -0.4 is 16.2 Å². The minimum atomic E-state index is -0.414. The van der Waals surface area contributed by atoms with E-state index in [9.17, 15) is 10.1 Å². The minimum absolute atomic E-state index is 0.00613. The lowest BCUT2D eigenvalue weighted by molar-refractivity contribution is -0.384. The van der Waals surface area contributed by atoms with Crippen LogP contribution in [0.5, 0.6) is 0 Å². The Morgan fingerprint density at radius 3 is 2.71 bits per heavy atom. The molecule has 1 aliphatic heterocycles. The Hall–Kier alpha value is -2.67. The van der Waals surface area contributed by atoms with E-state index in [0.717, 1.165) is 6.42 Å². The number of anilines is 2. The molecule has 0 amide bonds. The SMILES string of the molecule is NNc1ccc([N+](=O)[O-])c(N2CCc3ccccc3C2)n1. The fourth-order valence-electron chi connectivity index (χ4n) is 2.57. The van der Waals surface area contributed by atoms with Crippen molar-refractivity contribution < 1.29 is 4.92 Å². The van der Waals surface area contributed by atoms with Crippen LogP contribution in [0.15, 0.2) is 36.4 Å². The zero-order valence-corrected chi connectivity index (χ0v) is 11.3. The molecule has 7 nitrogen and oxygen atoms in total. The highest BCUT2D eigenvalue weighted by molar-refractivity contribution is 5.62. The first-order valence-corrected chi connectivity index (χ1v) is 6.63. The molecule has 7 heteroatoms. The summed E-state index contributed by atoms with van der Waals surface area (Å²) in [6, 6.07) is 11.0. The van der Waals surface area contributed by atoms with Crippen LogP contribution in [-0.4, -0.2) is 16.5 Å². The number of benzene rings is 1. The number of rotatable bonds is 3. The number of nitro groups is 1. The van der Waals surface area contributed by atoms with Crippen molar-refractivity contribution in [3.05, 3.63) is 57.6 Å². The molecule has 0 bridgehead atoms. The third kappa shape index (κ3) is 2.50. The summed E-state index contributed by atoms with van der Waals surface area (Å²) < 4.78 is 0. The average molecular weight is 285 g/mol. The van der Waals surface area contributed by atoms with Crippen LogP contribution in [0.25, 0.3) is 0 Å².